The smallest absolute Gasteiger partial charge is 0.259 e. The number of methoxy groups -OCH3 is 2. The highest BCUT2D eigenvalue weighted by Gasteiger charge is 2.35. The Bertz CT molecular complexity index is 1330. The number of hydrogen-bond donors (Lipinski definition) is 1. The number of imide groups is 1. The topological polar surface area (TPSA) is 74.5 Å². The van der Waals surface area contributed by atoms with Gasteiger partial charge in [-0.05, 0) is 26.0 Å². The third-order valence-electron chi connectivity index (χ3n) is 6.42. The summed E-state index contributed by atoms with van der Waals surface area (Å²) in [7, 11) is 3.28. The van der Waals surface area contributed by atoms with E-state index in [2.05, 4.69) is 5.32 Å². The van der Waals surface area contributed by atoms with Crippen molar-refractivity contribution in [3.63, 3.8) is 0 Å². The molecular formula is C26H25N3O4. The predicted molar refractivity (Wildman–Crippen MR) is 127 cm³/mol. The second-order valence-corrected chi connectivity index (χ2v) is 8.14. The number of hydrogen-bond acceptors (Lipinski definition) is 4. The van der Waals surface area contributed by atoms with Gasteiger partial charge in [-0.3, -0.25) is 14.9 Å². The summed E-state index contributed by atoms with van der Waals surface area (Å²) in [5.41, 5.74) is 3.99. The van der Waals surface area contributed by atoms with Gasteiger partial charge < -0.3 is 18.6 Å². The molecule has 0 spiro atoms. The van der Waals surface area contributed by atoms with Gasteiger partial charge in [-0.15, -0.1) is 0 Å². The zero-order chi connectivity index (χ0) is 23.3. The molecular weight excluding hydrogens is 418 g/mol. The fourth-order valence-corrected chi connectivity index (χ4v) is 4.61. The molecule has 33 heavy (non-hydrogen) atoms. The average Bonchev–Trinajstić information content (AvgIpc) is 3.48. The third kappa shape index (κ3) is 3.20. The molecule has 2 atom stereocenters. The van der Waals surface area contributed by atoms with Gasteiger partial charge in [0.15, 0.2) is 0 Å². The van der Waals surface area contributed by atoms with Crippen molar-refractivity contribution < 1.29 is 19.1 Å². The van der Waals surface area contributed by atoms with E-state index in [4.69, 9.17) is 9.47 Å². The van der Waals surface area contributed by atoms with E-state index < -0.39 is 11.8 Å². The Morgan fingerprint density at radius 1 is 0.697 bits per heavy atom. The van der Waals surface area contributed by atoms with Gasteiger partial charge in [0.1, 0.15) is 12.5 Å². The molecule has 4 aromatic rings. The lowest BCUT2D eigenvalue weighted by molar-refractivity contribution is -0.122. The molecule has 0 aliphatic carbocycles. The average molecular weight is 444 g/mol. The van der Waals surface area contributed by atoms with Gasteiger partial charge in [-0.25, -0.2) is 0 Å². The largest absolute Gasteiger partial charge is 0.362 e. The molecule has 1 N–H and O–H groups in total. The second-order valence-electron chi connectivity index (χ2n) is 8.14. The summed E-state index contributed by atoms with van der Waals surface area (Å²) in [6, 6.07) is 15.6. The van der Waals surface area contributed by atoms with Crippen molar-refractivity contribution in [2.45, 2.75) is 26.3 Å². The van der Waals surface area contributed by atoms with Crippen LogP contribution in [0.2, 0.25) is 0 Å². The highest BCUT2D eigenvalue weighted by molar-refractivity contribution is 6.50. The van der Waals surface area contributed by atoms with Crippen LogP contribution in [0.3, 0.4) is 0 Å². The Labute approximate surface area is 191 Å². The minimum absolute atomic E-state index is 0.239. The summed E-state index contributed by atoms with van der Waals surface area (Å²) >= 11 is 0. The molecule has 2 amide bonds. The molecule has 3 heterocycles. The van der Waals surface area contributed by atoms with E-state index in [9.17, 15) is 9.59 Å². The van der Waals surface area contributed by atoms with Gasteiger partial charge in [0.25, 0.3) is 11.8 Å². The fraction of sp³-hybridized carbons (Fsp3) is 0.231. The van der Waals surface area contributed by atoms with Crippen LogP contribution in [0.1, 0.15) is 37.4 Å². The third-order valence-corrected chi connectivity index (χ3v) is 6.42. The van der Waals surface area contributed by atoms with E-state index in [1.165, 1.54) is 0 Å². The van der Waals surface area contributed by atoms with Gasteiger partial charge in [-0.2, -0.15) is 0 Å². The lowest BCUT2D eigenvalue weighted by Crippen LogP contribution is -2.22. The first-order valence-corrected chi connectivity index (χ1v) is 10.8. The second kappa shape index (κ2) is 8.03. The maximum absolute atomic E-state index is 13.1. The zero-order valence-corrected chi connectivity index (χ0v) is 19.0. The van der Waals surface area contributed by atoms with Crippen LogP contribution in [-0.2, 0) is 19.1 Å². The minimum atomic E-state index is -0.403. The summed E-state index contributed by atoms with van der Waals surface area (Å²) in [4.78, 5) is 26.3. The van der Waals surface area contributed by atoms with Gasteiger partial charge in [0.2, 0.25) is 0 Å². The lowest BCUT2D eigenvalue weighted by Gasteiger charge is -2.12. The van der Waals surface area contributed by atoms with Crippen molar-refractivity contribution in [1.82, 2.24) is 14.5 Å². The Hall–Kier alpha value is -3.68. The number of aromatic nitrogens is 2. The maximum Gasteiger partial charge on any atom is 0.259 e. The van der Waals surface area contributed by atoms with E-state index in [-0.39, 0.29) is 12.5 Å². The normalized spacial score (nSPS) is 16.1. The maximum atomic E-state index is 13.1. The van der Waals surface area contributed by atoms with E-state index in [0.29, 0.717) is 22.3 Å². The molecule has 7 heteroatoms. The van der Waals surface area contributed by atoms with Gasteiger partial charge >= 0.3 is 0 Å². The predicted octanol–water partition coefficient (Wildman–Crippen LogP) is 4.49. The van der Waals surface area contributed by atoms with Crippen molar-refractivity contribution in [1.29, 1.82) is 0 Å². The van der Waals surface area contributed by atoms with Crippen molar-refractivity contribution in [2.75, 3.05) is 14.2 Å². The molecule has 2 aromatic heterocycles. The van der Waals surface area contributed by atoms with Gasteiger partial charge in [0, 0.05) is 48.5 Å². The van der Waals surface area contributed by atoms with Crippen LogP contribution in [0.25, 0.3) is 33.0 Å². The molecule has 1 aliphatic heterocycles. The van der Waals surface area contributed by atoms with E-state index in [0.717, 1.165) is 21.8 Å². The number of fused-ring (bicyclic) bond motifs is 2. The zero-order valence-electron chi connectivity index (χ0n) is 19.0. The Morgan fingerprint density at radius 3 is 1.48 bits per heavy atom. The summed E-state index contributed by atoms with van der Waals surface area (Å²) in [6.45, 7) is 3.87. The molecule has 0 radical (unpaired) electrons. The first-order valence-electron chi connectivity index (χ1n) is 10.8. The number of ether oxygens (including phenoxy) is 2. The lowest BCUT2D eigenvalue weighted by atomic mass is 9.95. The molecule has 168 valence electrons. The van der Waals surface area contributed by atoms with Gasteiger partial charge in [0.05, 0.1) is 22.2 Å². The Morgan fingerprint density at radius 2 is 1.09 bits per heavy atom. The first kappa shape index (κ1) is 21.2. The van der Waals surface area contributed by atoms with Crippen molar-refractivity contribution >= 4 is 44.8 Å². The number of rotatable bonds is 6. The summed E-state index contributed by atoms with van der Waals surface area (Å²) in [6.07, 6.45) is 3.31. The minimum Gasteiger partial charge on any atom is -0.362 e. The number of carbonyl (C=O) groups excluding carboxylic acids is 2. The van der Waals surface area contributed by atoms with Crippen LogP contribution in [-0.4, -0.2) is 35.2 Å². The first-order chi connectivity index (χ1) is 16.0. The summed E-state index contributed by atoms with van der Waals surface area (Å²) in [5, 5.41) is 4.28. The molecule has 2 unspecified atom stereocenters. The molecule has 7 nitrogen and oxygen atoms in total. The number of carbonyl (C=O) groups is 2. The standard InChI is InChI=1S/C26H25N3O4/c1-15(32-3)28-13-19(17-9-5-7-11-21(17)28)23-24(26(31)27-25(23)30)20-14-29(16(2)33-4)22-12-8-6-10-18(20)22/h5-16H,1-4H3,(H,27,30,31). The molecule has 0 saturated heterocycles. The van der Waals surface area contributed by atoms with Crippen molar-refractivity contribution in [2.24, 2.45) is 0 Å². The van der Waals surface area contributed by atoms with Crippen LogP contribution in [0.4, 0.5) is 0 Å². The van der Waals surface area contributed by atoms with Crippen LogP contribution in [0.5, 0.6) is 0 Å². The molecule has 5 rings (SSSR count). The molecule has 0 bridgehead atoms. The van der Waals surface area contributed by atoms with Crippen LogP contribution >= 0.6 is 0 Å². The number of nitrogens with zero attached hydrogens (tertiary/aromatic N) is 2. The summed E-state index contributed by atoms with van der Waals surface area (Å²) < 4.78 is 15.0. The quantitative estimate of drug-likeness (QED) is 0.446. The Balaban J connectivity index is 1.84. The highest BCUT2D eigenvalue weighted by atomic mass is 16.5. The fourth-order valence-electron chi connectivity index (χ4n) is 4.61. The van der Waals surface area contributed by atoms with Crippen molar-refractivity contribution in [3.05, 3.63) is 72.1 Å². The van der Waals surface area contributed by atoms with Crippen LogP contribution in [0, 0.1) is 0 Å². The monoisotopic (exact) mass is 443 g/mol. The molecule has 0 saturated carbocycles. The number of amides is 2. The van der Waals surface area contributed by atoms with Crippen LogP contribution in [0.15, 0.2) is 60.9 Å². The van der Waals surface area contributed by atoms with Crippen LogP contribution < -0.4 is 5.32 Å². The molecule has 0 fully saturated rings. The van der Waals surface area contributed by atoms with E-state index in [1.54, 1.807) is 14.2 Å². The highest BCUT2D eigenvalue weighted by Crippen LogP contribution is 2.40. The molecule has 2 aromatic carbocycles. The van der Waals surface area contributed by atoms with E-state index in [1.807, 2.05) is 83.9 Å². The van der Waals surface area contributed by atoms with Crippen molar-refractivity contribution in [3.8, 4) is 0 Å². The number of para-hydroxylation sites is 2. The SMILES string of the molecule is COC(C)n1cc(C2=C(c3cn(C(C)OC)c4ccccc34)C(=O)NC2=O)c2ccccc21. The Kier molecular flexibility index (Phi) is 5.15. The number of benzene rings is 2. The summed E-state index contributed by atoms with van der Waals surface area (Å²) in [5.74, 6) is -0.806. The van der Waals surface area contributed by atoms with Gasteiger partial charge in [-0.1, -0.05) is 36.4 Å². The van der Waals surface area contributed by atoms with E-state index >= 15 is 0 Å². The molecule has 1 aliphatic rings. The number of nitrogens with one attached hydrogen (secondary N) is 1.